The van der Waals surface area contributed by atoms with Gasteiger partial charge in [0.05, 0.1) is 31.3 Å². The minimum Gasteiger partial charge on any atom is -0.497 e. The SMILES string of the molecule is COc1cc(OC)c2cn[nH]c2c1. The van der Waals surface area contributed by atoms with Crippen LogP contribution in [-0.4, -0.2) is 24.4 Å². The number of hydrogen-bond acceptors (Lipinski definition) is 3. The molecule has 0 aliphatic heterocycles. The molecule has 1 aromatic heterocycles. The molecule has 0 radical (unpaired) electrons. The normalized spacial score (nSPS) is 10.3. The molecule has 0 bridgehead atoms. The molecular formula is C9H10N2O2. The molecule has 2 aromatic rings. The summed E-state index contributed by atoms with van der Waals surface area (Å²) in [5.41, 5.74) is 0.913. The van der Waals surface area contributed by atoms with Gasteiger partial charge in [-0.25, -0.2) is 0 Å². The number of aromatic nitrogens is 2. The summed E-state index contributed by atoms with van der Waals surface area (Å²) in [5.74, 6) is 1.52. The molecule has 13 heavy (non-hydrogen) atoms. The summed E-state index contributed by atoms with van der Waals surface area (Å²) in [4.78, 5) is 0. The van der Waals surface area contributed by atoms with E-state index in [9.17, 15) is 0 Å². The van der Waals surface area contributed by atoms with Gasteiger partial charge in [0.25, 0.3) is 0 Å². The van der Waals surface area contributed by atoms with E-state index >= 15 is 0 Å². The maximum atomic E-state index is 5.19. The quantitative estimate of drug-likeness (QED) is 0.759. The van der Waals surface area contributed by atoms with Crippen molar-refractivity contribution in [3.8, 4) is 11.5 Å². The van der Waals surface area contributed by atoms with Gasteiger partial charge in [-0.05, 0) is 0 Å². The minimum atomic E-state index is 0.758. The zero-order valence-electron chi connectivity index (χ0n) is 7.50. The van der Waals surface area contributed by atoms with Gasteiger partial charge in [0, 0.05) is 12.1 Å². The maximum Gasteiger partial charge on any atom is 0.133 e. The maximum absolute atomic E-state index is 5.19. The number of hydrogen-bond donors (Lipinski definition) is 1. The number of nitrogens with one attached hydrogen (secondary N) is 1. The number of benzene rings is 1. The van der Waals surface area contributed by atoms with Crippen molar-refractivity contribution >= 4 is 10.9 Å². The Morgan fingerprint density at radius 3 is 2.77 bits per heavy atom. The molecule has 1 N–H and O–H groups in total. The fourth-order valence-electron chi connectivity index (χ4n) is 1.28. The van der Waals surface area contributed by atoms with Gasteiger partial charge < -0.3 is 9.47 Å². The lowest BCUT2D eigenvalue weighted by Crippen LogP contribution is -1.87. The minimum absolute atomic E-state index is 0.758. The average Bonchev–Trinajstić information content (AvgIpc) is 2.63. The summed E-state index contributed by atoms with van der Waals surface area (Å²) < 4.78 is 10.3. The zero-order chi connectivity index (χ0) is 9.26. The van der Waals surface area contributed by atoms with E-state index in [1.807, 2.05) is 12.1 Å². The zero-order valence-corrected chi connectivity index (χ0v) is 7.50. The summed E-state index contributed by atoms with van der Waals surface area (Å²) in [6, 6.07) is 3.71. The second-order valence-electron chi connectivity index (χ2n) is 2.66. The van der Waals surface area contributed by atoms with Gasteiger partial charge in [0.1, 0.15) is 11.5 Å². The summed E-state index contributed by atoms with van der Waals surface area (Å²) >= 11 is 0. The Hall–Kier alpha value is -1.71. The van der Waals surface area contributed by atoms with Crippen molar-refractivity contribution in [2.75, 3.05) is 14.2 Å². The summed E-state index contributed by atoms with van der Waals surface area (Å²) in [5, 5.41) is 7.75. The Bertz CT molecular complexity index is 422. The van der Waals surface area contributed by atoms with E-state index in [-0.39, 0.29) is 0 Å². The first kappa shape index (κ1) is 7.91. The van der Waals surface area contributed by atoms with E-state index in [1.54, 1.807) is 20.4 Å². The molecule has 0 saturated carbocycles. The second-order valence-corrected chi connectivity index (χ2v) is 2.66. The van der Waals surface area contributed by atoms with Crippen LogP contribution in [0, 0.1) is 0 Å². The van der Waals surface area contributed by atoms with Crippen molar-refractivity contribution in [2.24, 2.45) is 0 Å². The van der Waals surface area contributed by atoms with Crippen molar-refractivity contribution in [3.05, 3.63) is 18.3 Å². The average molecular weight is 178 g/mol. The number of rotatable bonds is 2. The third kappa shape index (κ3) is 1.20. The van der Waals surface area contributed by atoms with Gasteiger partial charge in [-0.1, -0.05) is 0 Å². The smallest absolute Gasteiger partial charge is 0.133 e. The van der Waals surface area contributed by atoms with E-state index < -0.39 is 0 Å². The highest BCUT2D eigenvalue weighted by Crippen LogP contribution is 2.29. The molecule has 0 fully saturated rings. The number of ether oxygens (including phenoxy) is 2. The van der Waals surface area contributed by atoms with Crippen LogP contribution in [-0.2, 0) is 0 Å². The molecular weight excluding hydrogens is 168 g/mol. The van der Waals surface area contributed by atoms with Crippen LogP contribution in [0.25, 0.3) is 10.9 Å². The standard InChI is InChI=1S/C9H10N2O2/c1-12-6-3-8-7(5-10-11-8)9(4-6)13-2/h3-5H,1-2H3,(H,10,11). The first-order valence-corrected chi connectivity index (χ1v) is 3.90. The highest BCUT2D eigenvalue weighted by molar-refractivity contribution is 5.86. The molecule has 0 aliphatic carbocycles. The van der Waals surface area contributed by atoms with Gasteiger partial charge in [-0.3, -0.25) is 5.10 Å². The molecule has 1 aromatic carbocycles. The van der Waals surface area contributed by atoms with Crippen molar-refractivity contribution in [1.29, 1.82) is 0 Å². The molecule has 4 heteroatoms. The van der Waals surface area contributed by atoms with E-state index in [2.05, 4.69) is 10.2 Å². The molecule has 0 spiro atoms. The van der Waals surface area contributed by atoms with Crippen LogP contribution < -0.4 is 9.47 Å². The molecule has 0 unspecified atom stereocenters. The largest absolute Gasteiger partial charge is 0.497 e. The van der Waals surface area contributed by atoms with Crippen LogP contribution in [0.3, 0.4) is 0 Å². The molecule has 4 nitrogen and oxygen atoms in total. The van der Waals surface area contributed by atoms with Crippen molar-refractivity contribution in [1.82, 2.24) is 10.2 Å². The Morgan fingerprint density at radius 2 is 2.08 bits per heavy atom. The summed E-state index contributed by atoms with van der Waals surface area (Å²) in [6.07, 6.45) is 1.73. The Morgan fingerprint density at radius 1 is 1.23 bits per heavy atom. The predicted molar refractivity (Wildman–Crippen MR) is 49.2 cm³/mol. The Balaban J connectivity index is 2.70. The van der Waals surface area contributed by atoms with Crippen LogP contribution in [0.1, 0.15) is 0 Å². The number of methoxy groups -OCH3 is 2. The number of nitrogens with zero attached hydrogens (tertiary/aromatic N) is 1. The fourth-order valence-corrected chi connectivity index (χ4v) is 1.28. The molecule has 68 valence electrons. The highest BCUT2D eigenvalue weighted by atomic mass is 16.5. The van der Waals surface area contributed by atoms with Crippen LogP contribution >= 0.6 is 0 Å². The number of fused-ring (bicyclic) bond motifs is 1. The van der Waals surface area contributed by atoms with Crippen LogP contribution in [0.4, 0.5) is 0 Å². The van der Waals surface area contributed by atoms with E-state index in [0.717, 1.165) is 22.4 Å². The van der Waals surface area contributed by atoms with Gasteiger partial charge in [0.2, 0.25) is 0 Å². The van der Waals surface area contributed by atoms with E-state index in [0.29, 0.717) is 0 Å². The molecule has 0 saturated heterocycles. The first-order valence-electron chi connectivity index (χ1n) is 3.90. The lowest BCUT2D eigenvalue weighted by Gasteiger charge is -2.04. The Labute approximate surface area is 75.5 Å². The Kier molecular flexibility index (Phi) is 1.81. The molecule has 0 amide bonds. The topological polar surface area (TPSA) is 47.1 Å². The second kappa shape index (κ2) is 2.97. The van der Waals surface area contributed by atoms with E-state index in [4.69, 9.17) is 9.47 Å². The molecule has 1 heterocycles. The van der Waals surface area contributed by atoms with Crippen molar-refractivity contribution < 1.29 is 9.47 Å². The summed E-state index contributed by atoms with van der Waals surface area (Å²) in [6.45, 7) is 0. The molecule has 0 aliphatic rings. The van der Waals surface area contributed by atoms with Crippen molar-refractivity contribution in [2.45, 2.75) is 0 Å². The van der Waals surface area contributed by atoms with Crippen LogP contribution in [0.5, 0.6) is 11.5 Å². The highest BCUT2D eigenvalue weighted by Gasteiger charge is 2.05. The number of H-pyrrole nitrogens is 1. The van der Waals surface area contributed by atoms with Gasteiger partial charge >= 0.3 is 0 Å². The number of aromatic amines is 1. The van der Waals surface area contributed by atoms with Crippen LogP contribution in [0.15, 0.2) is 18.3 Å². The molecule has 0 atom stereocenters. The summed E-state index contributed by atoms with van der Waals surface area (Å²) in [7, 11) is 3.25. The lowest BCUT2D eigenvalue weighted by atomic mass is 10.2. The van der Waals surface area contributed by atoms with Crippen LogP contribution in [0.2, 0.25) is 0 Å². The lowest BCUT2D eigenvalue weighted by molar-refractivity contribution is 0.398. The van der Waals surface area contributed by atoms with Gasteiger partial charge in [-0.2, -0.15) is 5.10 Å². The third-order valence-electron chi connectivity index (χ3n) is 1.95. The third-order valence-corrected chi connectivity index (χ3v) is 1.95. The molecule has 2 rings (SSSR count). The van der Waals surface area contributed by atoms with E-state index in [1.165, 1.54) is 0 Å². The predicted octanol–water partition coefficient (Wildman–Crippen LogP) is 1.58. The van der Waals surface area contributed by atoms with Gasteiger partial charge in [0.15, 0.2) is 0 Å². The van der Waals surface area contributed by atoms with Gasteiger partial charge in [-0.15, -0.1) is 0 Å². The van der Waals surface area contributed by atoms with Crippen molar-refractivity contribution in [3.63, 3.8) is 0 Å². The fraction of sp³-hybridized carbons (Fsp3) is 0.222. The monoisotopic (exact) mass is 178 g/mol. The first-order chi connectivity index (χ1) is 6.35.